The molecule has 1 saturated carbocycles. The van der Waals surface area contributed by atoms with Gasteiger partial charge >= 0.3 is 0 Å². The summed E-state index contributed by atoms with van der Waals surface area (Å²) in [5.41, 5.74) is -0.485. The highest BCUT2D eigenvalue weighted by atomic mass is 19.1. The summed E-state index contributed by atoms with van der Waals surface area (Å²) in [4.78, 5) is 11.6. The molecule has 1 aromatic rings. The second kappa shape index (κ2) is 6.31. The van der Waals surface area contributed by atoms with Crippen molar-refractivity contribution in [1.82, 2.24) is 10.6 Å². The molecule has 0 spiro atoms. The van der Waals surface area contributed by atoms with Gasteiger partial charge in [-0.15, -0.1) is 0 Å². The van der Waals surface area contributed by atoms with Crippen molar-refractivity contribution in [3.63, 3.8) is 0 Å². The van der Waals surface area contributed by atoms with Gasteiger partial charge in [0.05, 0.1) is 6.54 Å². The lowest BCUT2D eigenvalue weighted by Gasteiger charge is -2.30. The van der Waals surface area contributed by atoms with E-state index in [1.165, 1.54) is 18.2 Å². The van der Waals surface area contributed by atoms with Crippen molar-refractivity contribution in [3.05, 3.63) is 35.4 Å². The zero-order valence-electron chi connectivity index (χ0n) is 11.6. The van der Waals surface area contributed by atoms with Gasteiger partial charge in [0.25, 0.3) is 0 Å². The Bertz CT molecular complexity index is 465. The molecule has 0 radical (unpaired) electrons. The molecule has 2 N–H and O–H groups in total. The highest BCUT2D eigenvalue weighted by Crippen LogP contribution is 2.42. The Kier molecular flexibility index (Phi) is 4.70. The van der Waals surface area contributed by atoms with E-state index in [1.54, 1.807) is 7.05 Å². The minimum Gasteiger partial charge on any atom is -0.354 e. The molecule has 1 fully saturated rings. The summed E-state index contributed by atoms with van der Waals surface area (Å²) < 4.78 is 28.1. The van der Waals surface area contributed by atoms with E-state index in [0.717, 1.165) is 12.8 Å². The van der Waals surface area contributed by atoms with Crippen LogP contribution in [0.25, 0.3) is 0 Å². The number of likely N-dealkylation sites (N-methyl/N-ethyl adjacent to an activating group) is 1. The summed E-state index contributed by atoms with van der Waals surface area (Å²) in [5, 5.41) is 5.54. The summed E-state index contributed by atoms with van der Waals surface area (Å²) in [6, 6.07) is 3.94. The summed E-state index contributed by atoms with van der Waals surface area (Å²) in [7, 11) is 1.68. The van der Waals surface area contributed by atoms with Crippen LogP contribution in [-0.4, -0.2) is 26.0 Å². The molecule has 0 saturated heterocycles. The molecule has 1 aliphatic rings. The lowest BCUT2D eigenvalue weighted by molar-refractivity contribution is -0.120. The molecule has 110 valence electrons. The zero-order chi connectivity index (χ0) is 14.6. The first kappa shape index (κ1) is 14.9. The first-order chi connectivity index (χ1) is 9.59. The number of halogens is 2. The van der Waals surface area contributed by atoms with Crippen LogP contribution >= 0.6 is 0 Å². The maximum atomic E-state index is 14.1. The minimum absolute atomic E-state index is 0.127. The SMILES string of the molecule is CNCC(=O)NCC1(c2c(F)cccc2F)CCCC1. The fraction of sp³-hybridized carbons (Fsp3) is 0.533. The predicted octanol–water partition coefficient (Wildman–Crippen LogP) is 2.11. The van der Waals surface area contributed by atoms with Gasteiger partial charge in [0, 0.05) is 17.5 Å². The summed E-state index contributed by atoms with van der Waals surface area (Å²) in [5.74, 6) is -1.19. The van der Waals surface area contributed by atoms with Crippen molar-refractivity contribution in [3.8, 4) is 0 Å². The highest BCUT2D eigenvalue weighted by Gasteiger charge is 2.40. The van der Waals surface area contributed by atoms with E-state index in [1.807, 2.05) is 0 Å². The normalized spacial score (nSPS) is 17.1. The van der Waals surface area contributed by atoms with Crippen LogP contribution in [0.4, 0.5) is 8.78 Å². The van der Waals surface area contributed by atoms with E-state index < -0.39 is 17.0 Å². The monoisotopic (exact) mass is 282 g/mol. The summed E-state index contributed by atoms with van der Waals surface area (Å²) >= 11 is 0. The molecular formula is C15H20F2N2O. The van der Waals surface area contributed by atoms with Crippen molar-refractivity contribution in [2.75, 3.05) is 20.1 Å². The maximum absolute atomic E-state index is 14.1. The fourth-order valence-corrected chi connectivity index (χ4v) is 3.06. The zero-order valence-corrected chi connectivity index (χ0v) is 11.6. The predicted molar refractivity (Wildman–Crippen MR) is 73.4 cm³/mol. The topological polar surface area (TPSA) is 41.1 Å². The molecule has 1 aromatic carbocycles. The van der Waals surface area contributed by atoms with E-state index in [4.69, 9.17) is 0 Å². The van der Waals surface area contributed by atoms with Gasteiger partial charge in [-0.25, -0.2) is 8.78 Å². The van der Waals surface area contributed by atoms with Crippen LogP contribution in [0.3, 0.4) is 0 Å². The van der Waals surface area contributed by atoms with Crippen LogP contribution in [0.5, 0.6) is 0 Å². The molecule has 3 nitrogen and oxygen atoms in total. The second-order valence-electron chi connectivity index (χ2n) is 5.39. The number of nitrogens with one attached hydrogen (secondary N) is 2. The van der Waals surface area contributed by atoms with Gasteiger partial charge < -0.3 is 10.6 Å². The highest BCUT2D eigenvalue weighted by molar-refractivity contribution is 5.78. The van der Waals surface area contributed by atoms with E-state index in [0.29, 0.717) is 12.8 Å². The quantitative estimate of drug-likeness (QED) is 0.868. The molecule has 5 heteroatoms. The van der Waals surface area contributed by atoms with Crippen molar-refractivity contribution in [2.45, 2.75) is 31.1 Å². The summed E-state index contributed by atoms with van der Waals surface area (Å²) in [6.07, 6.45) is 3.25. The van der Waals surface area contributed by atoms with E-state index >= 15 is 0 Å². The second-order valence-corrected chi connectivity index (χ2v) is 5.39. The number of hydrogen-bond acceptors (Lipinski definition) is 2. The molecule has 20 heavy (non-hydrogen) atoms. The van der Waals surface area contributed by atoms with Crippen molar-refractivity contribution in [1.29, 1.82) is 0 Å². The van der Waals surface area contributed by atoms with E-state index in [-0.39, 0.29) is 24.6 Å². The first-order valence-electron chi connectivity index (χ1n) is 6.95. The Balaban J connectivity index is 2.24. The van der Waals surface area contributed by atoms with Crippen LogP contribution in [0, 0.1) is 11.6 Å². The molecule has 1 aliphatic carbocycles. The van der Waals surface area contributed by atoms with Gasteiger partial charge in [0.15, 0.2) is 0 Å². The molecule has 2 rings (SSSR count). The van der Waals surface area contributed by atoms with Crippen LogP contribution in [0.2, 0.25) is 0 Å². The van der Waals surface area contributed by atoms with E-state index in [2.05, 4.69) is 10.6 Å². The molecule has 0 aromatic heterocycles. The third-order valence-corrected chi connectivity index (χ3v) is 4.02. The average molecular weight is 282 g/mol. The Morgan fingerprint density at radius 3 is 2.40 bits per heavy atom. The molecule has 0 heterocycles. The lowest BCUT2D eigenvalue weighted by Crippen LogP contribution is -2.42. The molecule has 0 atom stereocenters. The first-order valence-corrected chi connectivity index (χ1v) is 6.95. The number of benzene rings is 1. The Morgan fingerprint density at radius 2 is 1.85 bits per heavy atom. The standard InChI is InChI=1S/C15H20F2N2O/c1-18-9-13(20)19-10-15(7-2-3-8-15)14-11(16)5-4-6-12(14)17/h4-6,18H,2-3,7-10H2,1H3,(H,19,20). The Morgan fingerprint density at radius 1 is 1.25 bits per heavy atom. The molecule has 0 aliphatic heterocycles. The minimum atomic E-state index is -0.612. The van der Waals surface area contributed by atoms with Gasteiger partial charge in [0.1, 0.15) is 11.6 Å². The lowest BCUT2D eigenvalue weighted by atomic mass is 9.78. The van der Waals surface area contributed by atoms with Gasteiger partial charge in [-0.1, -0.05) is 18.9 Å². The Labute approximate surface area is 117 Å². The van der Waals surface area contributed by atoms with Gasteiger partial charge in [-0.2, -0.15) is 0 Å². The number of rotatable bonds is 5. The largest absolute Gasteiger partial charge is 0.354 e. The van der Waals surface area contributed by atoms with Crippen molar-refractivity contribution in [2.24, 2.45) is 0 Å². The summed E-state index contributed by atoms with van der Waals surface area (Å²) in [6.45, 7) is 0.487. The smallest absolute Gasteiger partial charge is 0.233 e. The number of carbonyl (C=O) groups excluding carboxylic acids is 1. The number of amides is 1. The maximum Gasteiger partial charge on any atom is 0.233 e. The van der Waals surface area contributed by atoms with Gasteiger partial charge in [0.2, 0.25) is 5.91 Å². The number of carbonyl (C=O) groups is 1. The van der Waals surface area contributed by atoms with Crippen LogP contribution < -0.4 is 10.6 Å². The van der Waals surface area contributed by atoms with Crippen molar-refractivity contribution < 1.29 is 13.6 Å². The van der Waals surface area contributed by atoms with Crippen LogP contribution in [0.15, 0.2) is 18.2 Å². The molecule has 0 bridgehead atoms. The average Bonchev–Trinajstić information content (AvgIpc) is 2.86. The van der Waals surface area contributed by atoms with Gasteiger partial charge in [-0.3, -0.25) is 4.79 Å². The van der Waals surface area contributed by atoms with Crippen LogP contribution in [-0.2, 0) is 10.2 Å². The Hall–Kier alpha value is -1.49. The molecule has 0 unspecified atom stereocenters. The third kappa shape index (κ3) is 2.98. The number of hydrogen-bond donors (Lipinski definition) is 2. The van der Waals surface area contributed by atoms with Crippen molar-refractivity contribution >= 4 is 5.91 Å². The molecule has 1 amide bonds. The van der Waals surface area contributed by atoms with Crippen LogP contribution in [0.1, 0.15) is 31.2 Å². The molecular weight excluding hydrogens is 262 g/mol. The fourth-order valence-electron chi connectivity index (χ4n) is 3.06. The van der Waals surface area contributed by atoms with Gasteiger partial charge in [-0.05, 0) is 32.0 Å². The third-order valence-electron chi connectivity index (χ3n) is 4.02. The van der Waals surface area contributed by atoms with E-state index in [9.17, 15) is 13.6 Å².